The van der Waals surface area contributed by atoms with Gasteiger partial charge in [0, 0.05) is 37.9 Å². The molecular formula is C20H28N4. The van der Waals surface area contributed by atoms with Gasteiger partial charge in [-0.3, -0.25) is 0 Å². The quantitative estimate of drug-likeness (QED) is 0.825. The summed E-state index contributed by atoms with van der Waals surface area (Å²) in [4.78, 5) is 14.2. The average molecular weight is 324 g/mol. The minimum Gasteiger partial charge on any atom is -0.355 e. The Kier molecular flexibility index (Phi) is 5.34. The van der Waals surface area contributed by atoms with Crippen molar-refractivity contribution in [1.29, 1.82) is 0 Å². The average Bonchev–Trinajstić information content (AvgIpc) is 2.62. The molecule has 1 aliphatic rings. The first-order valence-corrected chi connectivity index (χ1v) is 9.04. The SMILES string of the molecule is CCC1CCCCN1c1nc(C)cc(N(C)Cc2ccccc2)n1. The number of nitrogens with zero attached hydrogens (tertiary/aromatic N) is 4. The summed E-state index contributed by atoms with van der Waals surface area (Å²) >= 11 is 0. The van der Waals surface area contributed by atoms with E-state index in [1.165, 1.54) is 24.8 Å². The zero-order valence-electron chi connectivity index (χ0n) is 15.1. The zero-order chi connectivity index (χ0) is 16.9. The van der Waals surface area contributed by atoms with Gasteiger partial charge in [0.15, 0.2) is 0 Å². The molecule has 0 spiro atoms. The number of hydrogen-bond donors (Lipinski definition) is 0. The Morgan fingerprint density at radius 3 is 2.71 bits per heavy atom. The molecule has 1 aliphatic heterocycles. The molecular weight excluding hydrogens is 296 g/mol. The number of aryl methyl sites for hydroxylation is 1. The molecule has 3 rings (SSSR count). The van der Waals surface area contributed by atoms with Crippen LogP contribution >= 0.6 is 0 Å². The highest BCUT2D eigenvalue weighted by Crippen LogP contribution is 2.26. The van der Waals surface area contributed by atoms with Crippen molar-refractivity contribution in [3.05, 3.63) is 47.7 Å². The Hall–Kier alpha value is -2.10. The van der Waals surface area contributed by atoms with E-state index in [1.54, 1.807) is 0 Å². The fraction of sp³-hybridized carbons (Fsp3) is 0.500. The van der Waals surface area contributed by atoms with Crippen LogP contribution in [0.5, 0.6) is 0 Å². The maximum Gasteiger partial charge on any atom is 0.227 e. The molecule has 1 atom stereocenters. The molecule has 1 saturated heterocycles. The van der Waals surface area contributed by atoms with Crippen molar-refractivity contribution in [2.75, 3.05) is 23.4 Å². The van der Waals surface area contributed by atoms with Crippen molar-refractivity contribution < 1.29 is 0 Å². The molecule has 0 amide bonds. The van der Waals surface area contributed by atoms with Crippen molar-refractivity contribution in [3.63, 3.8) is 0 Å². The number of anilines is 2. The van der Waals surface area contributed by atoms with Crippen LogP contribution in [0.1, 0.15) is 43.9 Å². The van der Waals surface area contributed by atoms with Gasteiger partial charge in [0.25, 0.3) is 0 Å². The van der Waals surface area contributed by atoms with Gasteiger partial charge in [-0.1, -0.05) is 37.3 Å². The van der Waals surface area contributed by atoms with E-state index in [1.807, 2.05) is 0 Å². The van der Waals surface area contributed by atoms with Gasteiger partial charge in [-0.25, -0.2) is 4.98 Å². The molecule has 0 radical (unpaired) electrons. The van der Waals surface area contributed by atoms with E-state index in [-0.39, 0.29) is 0 Å². The second kappa shape index (κ2) is 7.65. The molecule has 128 valence electrons. The van der Waals surface area contributed by atoms with Crippen molar-refractivity contribution in [3.8, 4) is 0 Å². The van der Waals surface area contributed by atoms with Gasteiger partial charge in [0.1, 0.15) is 5.82 Å². The van der Waals surface area contributed by atoms with E-state index in [0.717, 1.165) is 37.0 Å². The predicted octanol–water partition coefficient (Wildman–Crippen LogP) is 4.19. The van der Waals surface area contributed by atoms with Gasteiger partial charge < -0.3 is 9.80 Å². The fourth-order valence-electron chi connectivity index (χ4n) is 3.49. The van der Waals surface area contributed by atoms with Crippen LogP contribution in [0.4, 0.5) is 11.8 Å². The number of hydrogen-bond acceptors (Lipinski definition) is 4. The lowest BCUT2D eigenvalue weighted by Crippen LogP contribution is -2.40. The number of piperidine rings is 1. The Bertz CT molecular complexity index is 656. The Morgan fingerprint density at radius 2 is 1.96 bits per heavy atom. The Labute approximate surface area is 145 Å². The van der Waals surface area contributed by atoms with Crippen LogP contribution in [-0.4, -0.2) is 29.6 Å². The molecule has 1 aromatic carbocycles. The summed E-state index contributed by atoms with van der Waals surface area (Å²) in [6.07, 6.45) is 4.97. The van der Waals surface area contributed by atoms with E-state index >= 15 is 0 Å². The molecule has 4 heteroatoms. The zero-order valence-corrected chi connectivity index (χ0v) is 15.1. The fourth-order valence-corrected chi connectivity index (χ4v) is 3.49. The van der Waals surface area contributed by atoms with Gasteiger partial charge in [-0.05, 0) is 38.2 Å². The molecule has 0 bridgehead atoms. The van der Waals surface area contributed by atoms with E-state index in [0.29, 0.717) is 6.04 Å². The van der Waals surface area contributed by atoms with Crippen LogP contribution < -0.4 is 9.80 Å². The molecule has 1 unspecified atom stereocenters. The van der Waals surface area contributed by atoms with Gasteiger partial charge in [0.05, 0.1) is 0 Å². The van der Waals surface area contributed by atoms with Crippen LogP contribution in [0.15, 0.2) is 36.4 Å². The molecule has 1 aromatic heterocycles. The second-order valence-corrected chi connectivity index (χ2v) is 6.76. The molecule has 4 nitrogen and oxygen atoms in total. The van der Waals surface area contributed by atoms with Gasteiger partial charge in [-0.2, -0.15) is 4.98 Å². The summed E-state index contributed by atoms with van der Waals surface area (Å²) in [5, 5.41) is 0. The number of rotatable bonds is 5. The highest BCUT2D eigenvalue weighted by atomic mass is 15.3. The molecule has 0 N–H and O–H groups in total. The van der Waals surface area contributed by atoms with Crippen LogP contribution in [0.25, 0.3) is 0 Å². The van der Waals surface area contributed by atoms with Gasteiger partial charge in [0.2, 0.25) is 5.95 Å². The lowest BCUT2D eigenvalue weighted by molar-refractivity contribution is 0.443. The van der Waals surface area contributed by atoms with E-state index in [9.17, 15) is 0 Å². The molecule has 2 aromatic rings. The summed E-state index contributed by atoms with van der Waals surface area (Å²) in [7, 11) is 2.10. The van der Waals surface area contributed by atoms with Crippen molar-refractivity contribution in [2.24, 2.45) is 0 Å². The third-order valence-electron chi connectivity index (χ3n) is 4.84. The van der Waals surface area contributed by atoms with Gasteiger partial charge >= 0.3 is 0 Å². The highest BCUT2D eigenvalue weighted by molar-refractivity contribution is 5.46. The number of aromatic nitrogens is 2. The lowest BCUT2D eigenvalue weighted by atomic mass is 10.0. The van der Waals surface area contributed by atoms with Crippen LogP contribution in [-0.2, 0) is 6.54 Å². The summed E-state index contributed by atoms with van der Waals surface area (Å²) < 4.78 is 0. The number of benzene rings is 1. The third kappa shape index (κ3) is 3.86. The normalized spacial score (nSPS) is 17.8. The lowest BCUT2D eigenvalue weighted by Gasteiger charge is -2.35. The second-order valence-electron chi connectivity index (χ2n) is 6.76. The minimum atomic E-state index is 0.577. The van der Waals surface area contributed by atoms with Crippen LogP contribution in [0, 0.1) is 6.92 Å². The molecule has 1 fully saturated rings. The van der Waals surface area contributed by atoms with E-state index in [2.05, 4.69) is 67.1 Å². The molecule has 2 heterocycles. The monoisotopic (exact) mass is 324 g/mol. The summed E-state index contributed by atoms with van der Waals surface area (Å²) in [6.45, 7) is 6.26. The first-order valence-electron chi connectivity index (χ1n) is 9.04. The van der Waals surface area contributed by atoms with Gasteiger partial charge in [-0.15, -0.1) is 0 Å². The molecule has 0 saturated carbocycles. The highest BCUT2D eigenvalue weighted by Gasteiger charge is 2.24. The smallest absolute Gasteiger partial charge is 0.227 e. The maximum absolute atomic E-state index is 4.89. The molecule has 24 heavy (non-hydrogen) atoms. The van der Waals surface area contributed by atoms with E-state index in [4.69, 9.17) is 9.97 Å². The Balaban J connectivity index is 1.83. The third-order valence-corrected chi connectivity index (χ3v) is 4.84. The van der Waals surface area contributed by atoms with E-state index < -0.39 is 0 Å². The predicted molar refractivity (Wildman–Crippen MR) is 101 cm³/mol. The minimum absolute atomic E-state index is 0.577. The van der Waals surface area contributed by atoms with Crippen molar-refractivity contribution in [2.45, 2.75) is 52.1 Å². The topological polar surface area (TPSA) is 32.3 Å². The maximum atomic E-state index is 4.89. The van der Waals surface area contributed by atoms with Crippen LogP contribution in [0.2, 0.25) is 0 Å². The standard InChI is InChI=1S/C20H28N4/c1-4-18-12-8-9-13-24(18)20-21-16(2)14-19(22-20)23(3)15-17-10-6-5-7-11-17/h5-7,10-11,14,18H,4,8-9,12-13,15H2,1-3H3. The van der Waals surface area contributed by atoms with Crippen molar-refractivity contribution >= 4 is 11.8 Å². The largest absolute Gasteiger partial charge is 0.355 e. The van der Waals surface area contributed by atoms with Crippen LogP contribution in [0.3, 0.4) is 0 Å². The van der Waals surface area contributed by atoms with Crippen molar-refractivity contribution in [1.82, 2.24) is 9.97 Å². The summed E-state index contributed by atoms with van der Waals surface area (Å²) in [6, 6.07) is 13.2. The Morgan fingerprint density at radius 1 is 1.17 bits per heavy atom. The first kappa shape index (κ1) is 16.7. The molecule has 0 aliphatic carbocycles. The summed E-state index contributed by atoms with van der Waals surface area (Å²) in [5.74, 6) is 1.90. The first-order chi connectivity index (χ1) is 11.7. The summed E-state index contributed by atoms with van der Waals surface area (Å²) in [5.41, 5.74) is 2.33.